The van der Waals surface area contributed by atoms with Crippen molar-refractivity contribution in [2.45, 2.75) is 32.7 Å². The first kappa shape index (κ1) is 17.5. The van der Waals surface area contributed by atoms with E-state index in [1.807, 2.05) is 17.0 Å². The molecule has 0 bridgehead atoms. The summed E-state index contributed by atoms with van der Waals surface area (Å²) in [7, 11) is 0. The zero-order valence-corrected chi connectivity index (χ0v) is 16.5. The van der Waals surface area contributed by atoms with Crippen LogP contribution >= 0.6 is 27.3 Å². The zero-order valence-electron chi connectivity index (χ0n) is 14.1. The van der Waals surface area contributed by atoms with E-state index in [2.05, 4.69) is 46.1 Å². The minimum absolute atomic E-state index is 0.0663. The van der Waals surface area contributed by atoms with Crippen LogP contribution in [0.3, 0.4) is 0 Å². The number of hydrogen-bond donors (Lipinski definition) is 1. The van der Waals surface area contributed by atoms with E-state index in [1.54, 1.807) is 11.3 Å². The molecular formula is C17H23BrN4OS. The van der Waals surface area contributed by atoms with Gasteiger partial charge in [0.25, 0.3) is 0 Å². The second-order valence-electron chi connectivity index (χ2n) is 6.05. The second-order valence-corrected chi connectivity index (χ2v) is 7.97. The standard InChI is InChI=1S/C17H23BrN4OS/c1-3-13(4-2)19-16(23)21-7-9-22(10-8-21)17-20-14-6-5-12(18)11-15(14)24-17/h5-6,11,13H,3-4,7-10H2,1-2H3,(H,19,23). The Labute approximate surface area is 155 Å². The van der Waals surface area contributed by atoms with Crippen LogP contribution in [-0.4, -0.2) is 48.1 Å². The van der Waals surface area contributed by atoms with E-state index >= 15 is 0 Å². The summed E-state index contributed by atoms with van der Waals surface area (Å²) in [4.78, 5) is 21.2. The number of fused-ring (bicyclic) bond motifs is 1. The van der Waals surface area contributed by atoms with Gasteiger partial charge in [0.2, 0.25) is 0 Å². The molecule has 0 spiro atoms. The third kappa shape index (κ3) is 3.83. The number of carbonyl (C=O) groups is 1. The predicted octanol–water partition coefficient (Wildman–Crippen LogP) is 4.08. The van der Waals surface area contributed by atoms with Crippen LogP contribution in [0.4, 0.5) is 9.93 Å². The van der Waals surface area contributed by atoms with E-state index in [0.29, 0.717) is 0 Å². The molecule has 3 rings (SSSR count). The molecule has 1 aliphatic heterocycles. The van der Waals surface area contributed by atoms with E-state index < -0.39 is 0 Å². The Kier molecular flexibility index (Phi) is 5.61. The Bertz CT molecular complexity index is 708. The van der Waals surface area contributed by atoms with E-state index in [4.69, 9.17) is 4.98 Å². The fourth-order valence-corrected chi connectivity index (χ4v) is 4.45. The molecule has 24 heavy (non-hydrogen) atoms. The van der Waals surface area contributed by atoms with Gasteiger partial charge in [0, 0.05) is 36.7 Å². The third-order valence-electron chi connectivity index (χ3n) is 4.49. The van der Waals surface area contributed by atoms with E-state index in [-0.39, 0.29) is 12.1 Å². The Hall–Kier alpha value is -1.34. The first-order valence-electron chi connectivity index (χ1n) is 8.47. The molecule has 2 aromatic rings. The Balaban J connectivity index is 1.60. The summed E-state index contributed by atoms with van der Waals surface area (Å²) in [6, 6.07) is 6.51. The molecule has 1 aromatic carbocycles. The molecule has 130 valence electrons. The van der Waals surface area contributed by atoms with Gasteiger partial charge in [-0.25, -0.2) is 9.78 Å². The van der Waals surface area contributed by atoms with Gasteiger partial charge in [-0.3, -0.25) is 0 Å². The highest BCUT2D eigenvalue weighted by molar-refractivity contribution is 9.10. The summed E-state index contributed by atoms with van der Waals surface area (Å²) < 4.78 is 2.27. The number of urea groups is 1. The number of nitrogens with one attached hydrogen (secondary N) is 1. The van der Waals surface area contributed by atoms with Crippen molar-refractivity contribution in [3.63, 3.8) is 0 Å². The highest BCUT2D eigenvalue weighted by Gasteiger charge is 2.24. The number of hydrogen-bond acceptors (Lipinski definition) is 4. The van der Waals surface area contributed by atoms with Crippen molar-refractivity contribution < 1.29 is 4.79 Å². The van der Waals surface area contributed by atoms with Gasteiger partial charge in [0.1, 0.15) is 0 Å². The third-order valence-corrected chi connectivity index (χ3v) is 6.06. The minimum Gasteiger partial charge on any atom is -0.345 e. The molecule has 2 heterocycles. The summed E-state index contributed by atoms with van der Waals surface area (Å²) in [5.74, 6) is 0. The maximum Gasteiger partial charge on any atom is 0.317 e. The predicted molar refractivity (Wildman–Crippen MR) is 104 cm³/mol. The van der Waals surface area contributed by atoms with Crippen molar-refractivity contribution in [2.24, 2.45) is 0 Å². The number of anilines is 1. The van der Waals surface area contributed by atoms with Crippen LogP contribution in [0.1, 0.15) is 26.7 Å². The summed E-state index contributed by atoms with van der Waals surface area (Å²) in [6.07, 6.45) is 1.95. The van der Waals surface area contributed by atoms with Crippen molar-refractivity contribution in [3.8, 4) is 0 Å². The quantitative estimate of drug-likeness (QED) is 0.825. The molecule has 1 N–H and O–H groups in total. The average molecular weight is 411 g/mol. The first-order chi connectivity index (χ1) is 11.6. The van der Waals surface area contributed by atoms with Crippen molar-refractivity contribution >= 4 is 48.6 Å². The Morgan fingerprint density at radius 2 is 2.00 bits per heavy atom. The smallest absolute Gasteiger partial charge is 0.317 e. The lowest BCUT2D eigenvalue weighted by atomic mass is 10.2. The SMILES string of the molecule is CCC(CC)NC(=O)N1CCN(c2nc3ccc(Br)cc3s2)CC1. The maximum atomic E-state index is 12.3. The van der Waals surface area contributed by atoms with Crippen LogP contribution in [0.5, 0.6) is 0 Å². The van der Waals surface area contributed by atoms with E-state index in [1.165, 1.54) is 4.70 Å². The van der Waals surface area contributed by atoms with Crippen LogP contribution in [0.25, 0.3) is 10.2 Å². The highest BCUT2D eigenvalue weighted by atomic mass is 79.9. The van der Waals surface area contributed by atoms with Gasteiger partial charge in [-0.1, -0.05) is 41.1 Å². The van der Waals surface area contributed by atoms with Crippen molar-refractivity contribution in [1.29, 1.82) is 0 Å². The summed E-state index contributed by atoms with van der Waals surface area (Å²) in [6.45, 7) is 7.36. The molecule has 0 saturated carbocycles. The molecule has 5 nitrogen and oxygen atoms in total. The van der Waals surface area contributed by atoms with Crippen LogP contribution in [0.15, 0.2) is 22.7 Å². The number of amides is 2. The summed E-state index contributed by atoms with van der Waals surface area (Å²) in [5.41, 5.74) is 1.03. The van der Waals surface area contributed by atoms with Gasteiger partial charge in [-0.2, -0.15) is 0 Å². The number of benzene rings is 1. The normalized spacial score (nSPS) is 15.3. The van der Waals surface area contributed by atoms with Crippen molar-refractivity contribution in [2.75, 3.05) is 31.1 Å². The molecule has 1 fully saturated rings. The number of rotatable bonds is 4. The second kappa shape index (κ2) is 7.70. The van der Waals surface area contributed by atoms with Crippen LogP contribution in [-0.2, 0) is 0 Å². The topological polar surface area (TPSA) is 48.5 Å². The summed E-state index contributed by atoms with van der Waals surface area (Å²) >= 11 is 5.22. The van der Waals surface area contributed by atoms with Gasteiger partial charge >= 0.3 is 6.03 Å². The van der Waals surface area contributed by atoms with Gasteiger partial charge in [-0.05, 0) is 31.0 Å². The molecule has 1 aliphatic rings. The van der Waals surface area contributed by atoms with Gasteiger partial charge in [0.05, 0.1) is 10.2 Å². The minimum atomic E-state index is 0.0663. The molecule has 2 amide bonds. The Morgan fingerprint density at radius 1 is 1.29 bits per heavy atom. The molecular weight excluding hydrogens is 388 g/mol. The molecule has 0 radical (unpaired) electrons. The zero-order chi connectivity index (χ0) is 17.1. The molecule has 0 unspecified atom stereocenters. The average Bonchev–Trinajstić information content (AvgIpc) is 3.02. The van der Waals surface area contributed by atoms with Crippen molar-refractivity contribution in [1.82, 2.24) is 15.2 Å². The lowest BCUT2D eigenvalue weighted by Crippen LogP contribution is -2.53. The first-order valence-corrected chi connectivity index (χ1v) is 10.1. The number of thiazole rings is 1. The lowest BCUT2D eigenvalue weighted by molar-refractivity contribution is 0.189. The fourth-order valence-electron chi connectivity index (χ4n) is 2.88. The Morgan fingerprint density at radius 3 is 2.67 bits per heavy atom. The lowest BCUT2D eigenvalue weighted by Gasteiger charge is -2.35. The van der Waals surface area contributed by atoms with Gasteiger partial charge in [0.15, 0.2) is 5.13 Å². The number of aromatic nitrogens is 1. The summed E-state index contributed by atoms with van der Waals surface area (Å²) in [5, 5.41) is 4.16. The van der Waals surface area contributed by atoms with Crippen LogP contribution in [0.2, 0.25) is 0 Å². The van der Waals surface area contributed by atoms with E-state index in [0.717, 1.165) is 54.1 Å². The molecule has 0 aliphatic carbocycles. The fraction of sp³-hybridized carbons (Fsp3) is 0.529. The van der Waals surface area contributed by atoms with Gasteiger partial charge < -0.3 is 15.1 Å². The maximum absolute atomic E-state index is 12.3. The highest BCUT2D eigenvalue weighted by Crippen LogP contribution is 2.31. The molecule has 1 saturated heterocycles. The van der Waals surface area contributed by atoms with Crippen molar-refractivity contribution in [3.05, 3.63) is 22.7 Å². The molecule has 1 aromatic heterocycles. The van der Waals surface area contributed by atoms with Crippen LogP contribution in [0, 0.1) is 0 Å². The largest absolute Gasteiger partial charge is 0.345 e. The number of nitrogens with zero attached hydrogens (tertiary/aromatic N) is 3. The monoisotopic (exact) mass is 410 g/mol. The number of halogens is 1. The van der Waals surface area contributed by atoms with E-state index in [9.17, 15) is 4.79 Å². The number of carbonyl (C=O) groups excluding carboxylic acids is 1. The number of piperazine rings is 1. The molecule has 7 heteroatoms. The van der Waals surface area contributed by atoms with Gasteiger partial charge in [-0.15, -0.1) is 0 Å². The molecule has 0 atom stereocenters. The van der Waals surface area contributed by atoms with Crippen LogP contribution < -0.4 is 10.2 Å².